The SMILES string of the molecule is CC(=O)OC(=O)S(=O)(=O)O.[NaH].[NaH]. The molecule has 62 valence electrons. The molecule has 12 heavy (non-hydrogen) atoms. The van der Waals surface area contributed by atoms with E-state index in [9.17, 15) is 18.0 Å². The predicted molar refractivity (Wildman–Crippen MR) is 43.0 cm³/mol. The summed E-state index contributed by atoms with van der Waals surface area (Å²) in [6.45, 7) is 0.836. The molecule has 1 N–H and O–H groups in total. The van der Waals surface area contributed by atoms with Crippen molar-refractivity contribution in [2.24, 2.45) is 0 Å². The van der Waals surface area contributed by atoms with Crippen LogP contribution in [-0.4, -0.2) is 83.4 Å². The topological polar surface area (TPSA) is 97.7 Å². The monoisotopic (exact) mass is 216 g/mol. The van der Waals surface area contributed by atoms with Crippen molar-refractivity contribution in [3.05, 3.63) is 0 Å². The molecule has 0 aromatic heterocycles. The van der Waals surface area contributed by atoms with Gasteiger partial charge in [-0.1, -0.05) is 0 Å². The van der Waals surface area contributed by atoms with Gasteiger partial charge in [0.05, 0.1) is 0 Å². The molecular weight excluding hydrogens is 210 g/mol. The zero-order valence-electron chi connectivity index (χ0n) is 4.90. The molecule has 0 saturated heterocycles. The molecule has 0 atom stereocenters. The van der Waals surface area contributed by atoms with Crippen LogP contribution in [0.3, 0.4) is 0 Å². The Morgan fingerprint density at radius 3 is 1.67 bits per heavy atom. The average Bonchev–Trinajstić information content (AvgIpc) is 1.60. The Labute approximate surface area is 113 Å². The van der Waals surface area contributed by atoms with Crippen LogP contribution >= 0.6 is 0 Å². The fourth-order valence-electron chi connectivity index (χ4n) is 0.170. The van der Waals surface area contributed by atoms with Crippen LogP contribution in [0.2, 0.25) is 0 Å². The third-order valence-corrected chi connectivity index (χ3v) is 0.942. The first-order valence-electron chi connectivity index (χ1n) is 2.04. The number of carbonyl (C=O) groups is 2. The van der Waals surface area contributed by atoms with Gasteiger partial charge in [0.2, 0.25) is 0 Å². The van der Waals surface area contributed by atoms with E-state index in [1.54, 1.807) is 0 Å². The van der Waals surface area contributed by atoms with Crippen molar-refractivity contribution in [2.75, 3.05) is 0 Å². The third-order valence-electron chi connectivity index (χ3n) is 0.438. The molecule has 0 aliphatic carbocycles. The molecule has 0 saturated carbocycles. The van der Waals surface area contributed by atoms with Crippen molar-refractivity contribution in [2.45, 2.75) is 6.92 Å². The van der Waals surface area contributed by atoms with Crippen molar-refractivity contribution >= 4 is 80.5 Å². The summed E-state index contributed by atoms with van der Waals surface area (Å²) in [7, 11) is -4.88. The molecule has 6 nitrogen and oxygen atoms in total. The first-order valence-corrected chi connectivity index (χ1v) is 3.48. The molecule has 0 radical (unpaired) electrons. The maximum absolute atomic E-state index is 9.99. The zero-order valence-corrected chi connectivity index (χ0v) is 5.71. The molecule has 0 spiro atoms. The van der Waals surface area contributed by atoms with Gasteiger partial charge in [0, 0.05) is 6.92 Å². The van der Waals surface area contributed by atoms with E-state index in [0.29, 0.717) is 0 Å². The van der Waals surface area contributed by atoms with Gasteiger partial charge in [0.1, 0.15) is 0 Å². The Kier molecular flexibility index (Phi) is 11.7. The zero-order chi connectivity index (χ0) is 8.36. The number of hydrogen-bond acceptors (Lipinski definition) is 5. The van der Waals surface area contributed by atoms with Gasteiger partial charge < -0.3 is 4.74 Å². The van der Waals surface area contributed by atoms with Gasteiger partial charge in [0.15, 0.2) is 0 Å². The predicted octanol–water partition coefficient (Wildman–Crippen LogP) is -1.74. The van der Waals surface area contributed by atoms with Crippen LogP contribution in [0.25, 0.3) is 0 Å². The second-order valence-corrected chi connectivity index (χ2v) is 2.60. The average molecular weight is 216 g/mol. The fraction of sp³-hybridized carbons (Fsp3) is 0.333. The molecular formula is C3H6Na2O6S. The van der Waals surface area contributed by atoms with E-state index in [1.165, 1.54) is 0 Å². The minimum atomic E-state index is -4.88. The third kappa shape index (κ3) is 9.14. The Bertz CT molecular complexity index is 256. The van der Waals surface area contributed by atoms with Crippen LogP contribution in [0.1, 0.15) is 6.92 Å². The van der Waals surface area contributed by atoms with Gasteiger partial charge in [-0.15, -0.1) is 0 Å². The van der Waals surface area contributed by atoms with E-state index in [4.69, 9.17) is 4.55 Å². The summed E-state index contributed by atoms with van der Waals surface area (Å²) in [5.74, 6) is -1.09. The number of hydrogen-bond donors (Lipinski definition) is 1. The van der Waals surface area contributed by atoms with Gasteiger partial charge in [-0.25, -0.2) is 4.79 Å². The molecule has 9 heteroatoms. The van der Waals surface area contributed by atoms with Crippen LogP contribution in [0.4, 0.5) is 4.79 Å². The van der Waals surface area contributed by atoms with Crippen LogP contribution in [0, 0.1) is 0 Å². The Balaban J connectivity index is -0.000000405. The number of rotatable bonds is 0. The normalized spacial score (nSPS) is 8.83. The van der Waals surface area contributed by atoms with E-state index in [2.05, 4.69) is 4.74 Å². The van der Waals surface area contributed by atoms with Crippen molar-refractivity contribution in [3.8, 4) is 0 Å². The molecule has 0 aliphatic rings. The first-order chi connectivity index (χ1) is 4.34. The molecule has 0 rings (SSSR count). The standard InChI is InChI=1S/C3H4O6S.2Na.2H/c1-2(4)9-3(5)10(6,7)8;;;;/h1H3,(H,6,7,8);;;;. The summed E-state index contributed by atoms with van der Waals surface area (Å²) in [4.78, 5) is 19.9. The Morgan fingerprint density at radius 2 is 1.58 bits per heavy atom. The quantitative estimate of drug-likeness (QED) is 0.223. The van der Waals surface area contributed by atoms with Gasteiger partial charge >= 0.3 is 80.5 Å². The summed E-state index contributed by atoms with van der Waals surface area (Å²) >= 11 is 0. The molecule has 0 aliphatic heterocycles. The summed E-state index contributed by atoms with van der Waals surface area (Å²) in [6.07, 6.45) is 0. The van der Waals surface area contributed by atoms with Crippen molar-refractivity contribution < 1.29 is 27.3 Å². The second kappa shape index (κ2) is 7.45. The Morgan fingerprint density at radius 1 is 1.25 bits per heavy atom. The van der Waals surface area contributed by atoms with Gasteiger partial charge in [0.25, 0.3) is 0 Å². The van der Waals surface area contributed by atoms with Crippen LogP contribution in [-0.2, 0) is 19.6 Å². The van der Waals surface area contributed by atoms with E-state index >= 15 is 0 Å². The first kappa shape index (κ1) is 18.8. The molecule has 0 bridgehead atoms. The van der Waals surface area contributed by atoms with Crippen molar-refractivity contribution in [3.63, 3.8) is 0 Å². The molecule has 0 unspecified atom stereocenters. The van der Waals surface area contributed by atoms with E-state index in [0.717, 1.165) is 6.92 Å². The molecule has 0 amide bonds. The van der Waals surface area contributed by atoms with Crippen LogP contribution < -0.4 is 0 Å². The van der Waals surface area contributed by atoms with E-state index in [1.807, 2.05) is 0 Å². The van der Waals surface area contributed by atoms with Crippen molar-refractivity contribution in [1.29, 1.82) is 0 Å². The summed E-state index contributed by atoms with van der Waals surface area (Å²) < 4.78 is 31.0. The van der Waals surface area contributed by atoms with Gasteiger partial charge in [-0.2, -0.15) is 8.42 Å². The molecule has 0 aromatic rings. The van der Waals surface area contributed by atoms with Crippen LogP contribution in [0.15, 0.2) is 0 Å². The Hall–Kier alpha value is 1.05. The molecule has 0 heterocycles. The minimum absolute atomic E-state index is 0. The number of ether oxygens (including phenoxy) is 1. The molecule has 0 aromatic carbocycles. The second-order valence-electron chi connectivity index (χ2n) is 1.32. The maximum atomic E-state index is 9.99. The van der Waals surface area contributed by atoms with Gasteiger partial charge in [-0.05, 0) is 0 Å². The summed E-state index contributed by atoms with van der Waals surface area (Å²) in [5.41, 5.74) is 0. The van der Waals surface area contributed by atoms with Crippen LogP contribution in [0.5, 0.6) is 0 Å². The summed E-state index contributed by atoms with van der Waals surface area (Å²) in [6, 6.07) is 0. The van der Waals surface area contributed by atoms with Crippen molar-refractivity contribution in [1.82, 2.24) is 0 Å². The summed E-state index contributed by atoms with van der Waals surface area (Å²) in [5, 5.41) is -1.96. The fourth-order valence-corrected chi connectivity index (χ4v) is 0.393. The van der Waals surface area contributed by atoms with E-state index in [-0.39, 0.29) is 59.1 Å². The number of esters is 1. The van der Waals surface area contributed by atoms with Gasteiger partial charge in [-0.3, -0.25) is 9.35 Å². The van der Waals surface area contributed by atoms with E-state index < -0.39 is 21.4 Å². The molecule has 0 fully saturated rings. The number of carbonyl (C=O) groups excluding carboxylic acids is 2.